The number of hydrogen-bond acceptors (Lipinski definition) is 6. The lowest BCUT2D eigenvalue weighted by molar-refractivity contribution is -0.143. The van der Waals surface area contributed by atoms with Crippen LogP contribution >= 0.6 is 0 Å². The fourth-order valence-corrected chi connectivity index (χ4v) is 5.36. The molecule has 1 aromatic heterocycles. The summed E-state index contributed by atoms with van der Waals surface area (Å²) in [5, 5.41) is 22.3. The van der Waals surface area contributed by atoms with Gasteiger partial charge in [-0.1, -0.05) is 12.0 Å². The first-order valence-corrected chi connectivity index (χ1v) is 11.9. The maximum Gasteiger partial charge on any atom is 0.320 e. The van der Waals surface area contributed by atoms with Gasteiger partial charge in [0.05, 0.1) is 5.92 Å². The molecule has 0 bridgehead atoms. The number of amides is 1. The highest BCUT2D eigenvalue weighted by atomic mass is 19.2. The Morgan fingerprint density at radius 2 is 1.65 bits per heavy atom. The van der Waals surface area contributed by atoms with E-state index in [0.29, 0.717) is 11.8 Å². The Labute approximate surface area is 196 Å². The summed E-state index contributed by atoms with van der Waals surface area (Å²) in [6, 6.07) is 3.19. The fraction of sp³-hybridized carbons (Fsp3) is 0.583. The van der Waals surface area contributed by atoms with Crippen LogP contribution in [0, 0.1) is 35.3 Å². The lowest BCUT2D eigenvalue weighted by Crippen LogP contribution is -2.39. The summed E-state index contributed by atoms with van der Waals surface area (Å²) >= 11 is 0. The number of carbonyl (C=O) groups is 2. The number of nitrogens with one attached hydrogen (secondary N) is 2. The third-order valence-corrected chi connectivity index (χ3v) is 7.48. The summed E-state index contributed by atoms with van der Waals surface area (Å²) in [6.07, 6.45) is 7.92. The summed E-state index contributed by atoms with van der Waals surface area (Å²) in [6.45, 7) is 1.81. The number of halogens is 2. The number of anilines is 2. The van der Waals surface area contributed by atoms with Crippen molar-refractivity contribution in [2.75, 3.05) is 5.32 Å². The van der Waals surface area contributed by atoms with Crippen molar-refractivity contribution in [2.24, 2.45) is 23.7 Å². The van der Waals surface area contributed by atoms with Gasteiger partial charge in [0.25, 0.3) is 0 Å². The van der Waals surface area contributed by atoms with Crippen molar-refractivity contribution in [1.29, 1.82) is 0 Å². The van der Waals surface area contributed by atoms with Gasteiger partial charge in [0.15, 0.2) is 11.6 Å². The van der Waals surface area contributed by atoms with Crippen molar-refractivity contribution < 1.29 is 27.9 Å². The fourth-order valence-electron chi connectivity index (χ4n) is 5.36. The lowest BCUT2D eigenvalue weighted by atomic mass is 9.68. The van der Waals surface area contributed by atoms with Crippen molar-refractivity contribution in [3.05, 3.63) is 35.7 Å². The molecule has 1 heterocycles. The van der Waals surface area contributed by atoms with Gasteiger partial charge < -0.3 is 20.2 Å². The number of carboxylic acid groups (broad SMARTS) is 1. The number of aromatic nitrogens is 2. The van der Waals surface area contributed by atoms with Crippen LogP contribution in [0.15, 0.2) is 22.6 Å². The lowest BCUT2D eigenvalue weighted by Gasteiger charge is -2.38. The first-order valence-electron chi connectivity index (χ1n) is 11.9. The number of hydrogen-bond donors (Lipinski definition) is 3. The number of nitrogens with zero attached hydrogens (tertiary/aromatic N) is 2. The van der Waals surface area contributed by atoms with E-state index in [-0.39, 0.29) is 35.5 Å². The zero-order valence-corrected chi connectivity index (χ0v) is 19.1. The highest BCUT2D eigenvalue weighted by Crippen LogP contribution is 2.41. The van der Waals surface area contributed by atoms with Gasteiger partial charge in [-0.05, 0) is 81.3 Å². The van der Waals surface area contributed by atoms with E-state index in [1.54, 1.807) is 0 Å². The van der Waals surface area contributed by atoms with E-state index < -0.39 is 23.5 Å². The minimum absolute atomic E-state index is 0.0293. The van der Waals surface area contributed by atoms with Gasteiger partial charge in [-0.15, -0.1) is 5.10 Å². The highest BCUT2D eigenvalue weighted by molar-refractivity contribution is 5.89. The Bertz CT molecular complexity index is 1010. The molecule has 0 radical (unpaired) electrons. The van der Waals surface area contributed by atoms with Crippen LogP contribution < -0.4 is 10.6 Å². The number of carbonyl (C=O) groups excluding carboxylic acids is 1. The zero-order chi connectivity index (χ0) is 24.2. The summed E-state index contributed by atoms with van der Waals surface area (Å²) < 4.78 is 31.7. The van der Waals surface area contributed by atoms with Gasteiger partial charge in [-0.3, -0.25) is 9.59 Å². The first-order chi connectivity index (χ1) is 16.3. The predicted octanol–water partition coefficient (Wildman–Crippen LogP) is 4.91. The van der Waals surface area contributed by atoms with E-state index in [1.807, 2.05) is 6.92 Å². The molecule has 8 nitrogen and oxygen atoms in total. The molecule has 4 rings (SSSR count). The van der Waals surface area contributed by atoms with Crippen LogP contribution in [-0.2, 0) is 4.79 Å². The van der Waals surface area contributed by atoms with Gasteiger partial charge >= 0.3 is 23.8 Å². The molecule has 3 N–H and O–H groups in total. The van der Waals surface area contributed by atoms with Gasteiger partial charge in [0.1, 0.15) is 0 Å². The second-order valence-electron chi connectivity index (χ2n) is 9.55. The minimum atomic E-state index is -1.01. The van der Waals surface area contributed by atoms with Crippen molar-refractivity contribution in [3.8, 4) is 0 Å². The third kappa shape index (κ3) is 5.71. The van der Waals surface area contributed by atoms with Gasteiger partial charge in [-0.25, -0.2) is 8.78 Å². The average molecular weight is 477 g/mol. The van der Waals surface area contributed by atoms with Crippen LogP contribution in [0.3, 0.4) is 0 Å². The monoisotopic (exact) mass is 476 g/mol. The van der Waals surface area contributed by atoms with E-state index in [2.05, 4.69) is 20.8 Å². The quantitative estimate of drug-likeness (QED) is 0.520. The molecule has 0 saturated heterocycles. The zero-order valence-electron chi connectivity index (χ0n) is 19.1. The molecule has 184 valence electrons. The third-order valence-electron chi connectivity index (χ3n) is 7.48. The molecule has 2 saturated carbocycles. The van der Waals surface area contributed by atoms with Crippen LogP contribution in [0.4, 0.5) is 20.5 Å². The maximum atomic E-state index is 13.3. The second kappa shape index (κ2) is 10.5. The van der Waals surface area contributed by atoms with Crippen LogP contribution in [0.25, 0.3) is 0 Å². The van der Waals surface area contributed by atoms with Crippen LogP contribution in [-0.4, -0.2) is 33.2 Å². The summed E-state index contributed by atoms with van der Waals surface area (Å²) in [4.78, 5) is 23.8. The molecule has 2 aliphatic rings. The maximum absolute atomic E-state index is 13.3. The van der Waals surface area contributed by atoms with E-state index in [0.717, 1.165) is 63.5 Å². The van der Waals surface area contributed by atoms with Gasteiger partial charge in [0.2, 0.25) is 0 Å². The number of benzene rings is 1. The van der Waals surface area contributed by atoms with Crippen molar-refractivity contribution in [1.82, 2.24) is 15.5 Å². The normalized spacial score (nSPS) is 26.0. The molecule has 2 fully saturated rings. The van der Waals surface area contributed by atoms with E-state index in [4.69, 9.17) is 4.42 Å². The van der Waals surface area contributed by atoms with Crippen molar-refractivity contribution in [3.63, 3.8) is 0 Å². The standard InChI is InChI=1S/C24H30F2N4O4/c1-13(23(32)33)14-2-4-15(5-3-14)16-6-8-17(9-7-16)27-21(31)22-29-30-24(34-22)28-18-10-11-19(25)20(26)12-18/h10-17H,2-9H2,1H3,(H,27,31)(H,28,30)(H,32,33). The van der Waals surface area contributed by atoms with Gasteiger partial charge in [-0.2, -0.15) is 0 Å². The highest BCUT2D eigenvalue weighted by Gasteiger charge is 2.34. The smallest absolute Gasteiger partial charge is 0.320 e. The molecule has 10 heteroatoms. The molecule has 34 heavy (non-hydrogen) atoms. The number of aliphatic carboxylic acids is 1. The Balaban J connectivity index is 1.22. The minimum Gasteiger partial charge on any atom is -0.481 e. The van der Waals surface area contributed by atoms with Crippen LogP contribution in [0.5, 0.6) is 0 Å². The molecular formula is C24H30F2N4O4. The molecule has 0 aliphatic heterocycles. The predicted molar refractivity (Wildman–Crippen MR) is 119 cm³/mol. The molecule has 1 amide bonds. The van der Waals surface area contributed by atoms with Crippen LogP contribution in [0.1, 0.15) is 69.0 Å². The van der Waals surface area contributed by atoms with Crippen molar-refractivity contribution in [2.45, 2.75) is 64.3 Å². The summed E-state index contributed by atoms with van der Waals surface area (Å²) in [7, 11) is 0. The Kier molecular flexibility index (Phi) is 7.43. The van der Waals surface area contributed by atoms with Crippen LogP contribution in [0.2, 0.25) is 0 Å². The van der Waals surface area contributed by atoms with E-state index in [1.165, 1.54) is 6.07 Å². The summed E-state index contributed by atoms with van der Waals surface area (Å²) in [5.41, 5.74) is 0.222. The molecule has 2 aromatic rings. The molecule has 1 unspecified atom stereocenters. The Morgan fingerprint density at radius 1 is 1.00 bits per heavy atom. The number of carboxylic acids is 1. The first kappa shape index (κ1) is 24.1. The topological polar surface area (TPSA) is 117 Å². The van der Waals surface area contributed by atoms with Crippen molar-refractivity contribution >= 4 is 23.6 Å². The van der Waals surface area contributed by atoms with E-state index >= 15 is 0 Å². The number of rotatable bonds is 7. The molecule has 2 aliphatic carbocycles. The Hall–Kier alpha value is -3.04. The molecular weight excluding hydrogens is 446 g/mol. The largest absolute Gasteiger partial charge is 0.481 e. The SMILES string of the molecule is CC(C(=O)O)C1CCC(C2CCC(NC(=O)c3nnc(Nc4ccc(F)c(F)c4)o3)CC2)CC1. The van der Waals surface area contributed by atoms with E-state index in [9.17, 15) is 23.5 Å². The van der Waals surface area contributed by atoms with Gasteiger partial charge in [0, 0.05) is 17.8 Å². The molecule has 1 aromatic carbocycles. The Morgan fingerprint density at radius 3 is 2.26 bits per heavy atom. The second-order valence-corrected chi connectivity index (χ2v) is 9.55. The summed E-state index contributed by atoms with van der Waals surface area (Å²) in [5.74, 6) is -2.08. The molecule has 1 atom stereocenters. The molecule has 0 spiro atoms. The average Bonchev–Trinajstić information content (AvgIpc) is 3.30.